The van der Waals surface area contributed by atoms with E-state index in [-0.39, 0.29) is 18.3 Å². The third kappa shape index (κ3) is 4.20. The van der Waals surface area contributed by atoms with Crippen molar-refractivity contribution >= 4 is 18.3 Å². The molecule has 5 heteroatoms. The zero-order valence-corrected chi connectivity index (χ0v) is 6.20. The number of halogens is 1. The van der Waals surface area contributed by atoms with Crippen molar-refractivity contribution in [2.75, 3.05) is 7.05 Å². The molecule has 0 aromatic heterocycles. The molecule has 0 aromatic rings. The summed E-state index contributed by atoms with van der Waals surface area (Å²) < 4.78 is 0. The van der Waals surface area contributed by atoms with E-state index < -0.39 is 6.10 Å². The fraction of sp³-hybridized carbons (Fsp3) is 0.750. The highest BCUT2D eigenvalue weighted by Gasteiger charge is 2.07. The van der Waals surface area contributed by atoms with E-state index >= 15 is 0 Å². The Morgan fingerprint density at radius 3 is 2.33 bits per heavy atom. The van der Waals surface area contributed by atoms with Gasteiger partial charge in [-0.1, -0.05) is 0 Å². The Bertz CT molecular complexity index is 88.6. The van der Waals surface area contributed by atoms with Gasteiger partial charge < -0.3 is 5.32 Å². The first-order valence-corrected chi connectivity index (χ1v) is 2.29. The SMILES string of the molecule is CNC(=O)C(C)ON.Cl. The van der Waals surface area contributed by atoms with Crippen molar-refractivity contribution in [1.29, 1.82) is 0 Å². The molecule has 1 atom stereocenters. The largest absolute Gasteiger partial charge is 0.357 e. The van der Waals surface area contributed by atoms with Crippen LogP contribution in [0.15, 0.2) is 0 Å². The molecule has 0 spiro atoms. The van der Waals surface area contributed by atoms with Gasteiger partial charge in [0, 0.05) is 7.05 Å². The van der Waals surface area contributed by atoms with Gasteiger partial charge >= 0.3 is 0 Å². The summed E-state index contributed by atoms with van der Waals surface area (Å²) in [5, 5.41) is 2.37. The maximum absolute atomic E-state index is 10.4. The Morgan fingerprint density at radius 2 is 2.22 bits per heavy atom. The van der Waals surface area contributed by atoms with Crippen molar-refractivity contribution in [2.45, 2.75) is 13.0 Å². The smallest absolute Gasteiger partial charge is 0.250 e. The number of carbonyl (C=O) groups excluding carboxylic acids is 1. The first kappa shape index (κ1) is 11.5. The summed E-state index contributed by atoms with van der Waals surface area (Å²) in [6.45, 7) is 1.57. The van der Waals surface area contributed by atoms with Crippen LogP contribution in [0.3, 0.4) is 0 Å². The molecule has 56 valence electrons. The molecule has 0 radical (unpaired) electrons. The minimum absolute atomic E-state index is 0. The second-order valence-electron chi connectivity index (χ2n) is 1.39. The average Bonchev–Trinajstić information content (AvgIpc) is 1.84. The van der Waals surface area contributed by atoms with Gasteiger partial charge in [-0.2, -0.15) is 0 Å². The predicted octanol–water partition coefficient (Wildman–Crippen LogP) is -0.567. The van der Waals surface area contributed by atoms with Gasteiger partial charge in [0.25, 0.3) is 5.91 Å². The van der Waals surface area contributed by atoms with E-state index in [0.717, 1.165) is 0 Å². The highest BCUT2D eigenvalue weighted by molar-refractivity contribution is 5.85. The monoisotopic (exact) mass is 154 g/mol. The second-order valence-corrected chi connectivity index (χ2v) is 1.39. The summed E-state index contributed by atoms with van der Waals surface area (Å²) in [4.78, 5) is 14.6. The highest BCUT2D eigenvalue weighted by atomic mass is 35.5. The molecular formula is C4H11ClN2O2. The number of nitrogens with one attached hydrogen (secondary N) is 1. The van der Waals surface area contributed by atoms with Crippen LogP contribution in [-0.4, -0.2) is 19.1 Å². The third-order valence-electron chi connectivity index (χ3n) is 0.820. The number of carbonyl (C=O) groups is 1. The van der Waals surface area contributed by atoms with Crippen molar-refractivity contribution in [1.82, 2.24) is 5.32 Å². The van der Waals surface area contributed by atoms with Gasteiger partial charge in [-0.25, -0.2) is 5.90 Å². The van der Waals surface area contributed by atoms with Crippen LogP contribution in [-0.2, 0) is 9.63 Å². The lowest BCUT2D eigenvalue weighted by Crippen LogP contribution is -2.33. The molecule has 0 bridgehead atoms. The van der Waals surface area contributed by atoms with Gasteiger partial charge in [0.05, 0.1) is 0 Å². The van der Waals surface area contributed by atoms with Gasteiger partial charge in [-0.05, 0) is 6.92 Å². The maximum atomic E-state index is 10.4. The summed E-state index contributed by atoms with van der Waals surface area (Å²) in [5.41, 5.74) is 0. The van der Waals surface area contributed by atoms with Crippen molar-refractivity contribution in [3.8, 4) is 0 Å². The van der Waals surface area contributed by atoms with Crippen LogP contribution < -0.4 is 11.2 Å². The molecule has 0 saturated carbocycles. The van der Waals surface area contributed by atoms with Gasteiger partial charge in [0.1, 0.15) is 0 Å². The Hall–Kier alpha value is -0.320. The van der Waals surface area contributed by atoms with Crippen LogP contribution in [0, 0.1) is 0 Å². The Labute approximate surface area is 60.1 Å². The number of amides is 1. The minimum atomic E-state index is -0.556. The molecule has 0 aromatic carbocycles. The summed E-state index contributed by atoms with van der Waals surface area (Å²) >= 11 is 0. The van der Waals surface area contributed by atoms with Crippen LogP contribution in [0.4, 0.5) is 0 Å². The van der Waals surface area contributed by atoms with Crippen molar-refractivity contribution in [3.63, 3.8) is 0 Å². The van der Waals surface area contributed by atoms with Crippen LogP contribution in [0.2, 0.25) is 0 Å². The third-order valence-corrected chi connectivity index (χ3v) is 0.820. The van der Waals surface area contributed by atoms with Crippen LogP contribution in [0.1, 0.15) is 6.92 Å². The number of nitrogens with two attached hydrogens (primary N) is 1. The van der Waals surface area contributed by atoms with E-state index in [4.69, 9.17) is 0 Å². The summed E-state index contributed by atoms with van der Waals surface area (Å²) in [6, 6.07) is 0. The Morgan fingerprint density at radius 1 is 1.78 bits per heavy atom. The normalized spacial score (nSPS) is 11.4. The molecule has 0 rings (SSSR count). The van der Waals surface area contributed by atoms with Crippen LogP contribution in [0.25, 0.3) is 0 Å². The van der Waals surface area contributed by atoms with Gasteiger partial charge in [-0.3, -0.25) is 9.63 Å². The molecular weight excluding hydrogens is 144 g/mol. The summed E-state index contributed by atoms with van der Waals surface area (Å²) in [6.07, 6.45) is -0.556. The molecule has 0 aliphatic rings. The maximum Gasteiger partial charge on any atom is 0.250 e. The number of rotatable bonds is 2. The molecule has 0 aliphatic carbocycles. The topological polar surface area (TPSA) is 64.3 Å². The van der Waals surface area contributed by atoms with Crippen molar-refractivity contribution in [3.05, 3.63) is 0 Å². The lowest BCUT2D eigenvalue weighted by molar-refractivity contribution is -0.131. The summed E-state index contributed by atoms with van der Waals surface area (Å²) in [7, 11) is 1.53. The van der Waals surface area contributed by atoms with E-state index in [2.05, 4.69) is 16.1 Å². The first-order valence-electron chi connectivity index (χ1n) is 2.29. The lowest BCUT2D eigenvalue weighted by Gasteiger charge is -2.04. The zero-order chi connectivity index (χ0) is 6.57. The fourth-order valence-corrected chi connectivity index (χ4v) is 0.265. The quantitative estimate of drug-likeness (QED) is 0.524. The van der Waals surface area contributed by atoms with Gasteiger partial charge in [0.15, 0.2) is 6.10 Å². The minimum Gasteiger partial charge on any atom is -0.357 e. The number of likely N-dealkylation sites (N-methyl/N-ethyl adjacent to an activating group) is 1. The standard InChI is InChI=1S/C4H10N2O2.ClH/c1-3(8-5)4(7)6-2;/h3H,5H2,1-2H3,(H,6,7);1H. The van der Waals surface area contributed by atoms with E-state index in [1.165, 1.54) is 7.05 Å². The molecule has 1 amide bonds. The molecule has 0 fully saturated rings. The molecule has 0 aliphatic heterocycles. The van der Waals surface area contributed by atoms with E-state index in [9.17, 15) is 4.79 Å². The predicted molar refractivity (Wildman–Crippen MR) is 36.0 cm³/mol. The fourth-order valence-electron chi connectivity index (χ4n) is 0.265. The number of hydrogen-bond acceptors (Lipinski definition) is 3. The van der Waals surface area contributed by atoms with Crippen LogP contribution in [0.5, 0.6) is 0 Å². The number of hydrogen-bond donors (Lipinski definition) is 2. The Balaban J connectivity index is 0. The van der Waals surface area contributed by atoms with E-state index in [1.807, 2.05) is 0 Å². The van der Waals surface area contributed by atoms with Crippen molar-refractivity contribution < 1.29 is 9.63 Å². The zero-order valence-electron chi connectivity index (χ0n) is 5.38. The van der Waals surface area contributed by atoms with Crippen molar-refractivity contribution in [2.24, 2.45) is 5.90 Å². The molecule has 4 nitrogen and oxygen atoms in total. The average molecular weight is 155 g/mol. The van der Waals surface area contributed by atoms with E-state index in [1.54, 1.807) is 6.92 Å². The van der Waals surface area contributed by atoms with Gasteiger partial charge in [-0.15, -0.1) is 12.4 Å². The molecule has 3 N–H and O–H groups in total. The molecule has 1 unspecified atom stereocenters. The van der Waals surface area contributed by atoms with Crippen LogP contribution >= 0.6 is 12.4 Å². The van der Waals surface area contributed by atoms with E-state index in [0.29, 0.717) is 0 Å². The summed E-state index contributed by atoms with van der Waals surface area (Å²) in [5.74, 6) is 4.47. The highest BCUT2D eigenvalue weighted by Crippen LogP contribution is 1.81. The Kier molecular flexibility index (Phi) is 7.41. The molecule has 9 heavy (non-hydrogen) atoms. The molecule has 0 heterocycles. The lowest BCUT2D eigenvalue weighted by atomic mass is 10.4. The first-order chi connectivity index (χ1) is 3.72. The van der Waals surface area contributed by atoms with Gasteiger partial charge in [0.2, 0.25) is 0 Å². The molecule has 0 saturated heterocycles. The second kappa shape index (κ2) is 5.81.